The number of methoxy groups -OCH3 is 1. The second kappa shape index (κ2) is 7.55. The molecule has 0 spiro atoms. The van der Waals surface area contributed by atoms with Crippen molar-refractivity contribution in [2.75, 3.05) is 43.5 Å². The lowest BCUT2D eigenvalue weighted by molar-refractivity contribution is 0.0895. The molecule has 1 amide bonds. The molecule has 1 saturated heterocycles. The van der Waals surface area contributed by atoms with E-state index in [-0.39, 0.29) is 22.7 Å². The third-order valence-electron chi connectivity index (χ3n) is 5.58. The number of carbonyl (C=O) groups is 2. The van der Waals surface area contributed by atoms with Crippen LogP contribution in [-0.2, 0) is 6.42 Å². The molecule has 1 aliphatic carbocycles. The van der Waals surface area contributed by atoms with E-state index < -0.39 is 0 Å². The molecule has 7 nitrogen and oxygen atoms in total. The quantitative estimate of drug-likeness (QED) is 0.825. The van der Waals surface area contributed by atoms with Gasteiger partial charge in [-0.25, -0.2) is 0 Å². The normalized spacial score (nSPS) is 18.3. The van der Waals surface area contributed by atoms with E-state index in [0.29, 0.717) is 35.6 Å². The first-order valence-electron chi connectivity index (χ1n) is 9.96. The molecule has 1 aromatic carbocycles. The summed E-state index contributed by atoms with van der Waals surface area (Å²) in [5, 5.41) is 6.21. The van der Waals surface area contributed by atoms with Crippen LogP contribution in [0.15, 0.2) is 28.9 Å². The van der Waals surface area contributed by atoms with Crippen molar-refractivity contribution in [3.8, 4) is 5.75 Å². The highest BCUT2D eigenvalue weighted by atomic mass is 16.5. The van der Waals surface area contributed by atoms with Crippen LogP contribution < -0.4 is 20.3 Å². The minimum atomic E-state index is -0.365. The van der Waals surface area contributed by atoms with Crippen molar-refractivity contribution in [1.82, 2.24) is 5.32 Å². The zero-order valence-electron chi connectivity index (χ0n) is 17.1. The van der Waals surface area contributed by atoms with Gasteiger partial charge in [-0.05, 0) is 17.5 Å². The molecule has 2 aliphatic rings. The van der Waals surface area contributed by atoms with Gasteiger partial charge in [0.2, 0.25) is 0 Å². The molecule has 0 unspecified atom stereocenters. The number of fused-ring (bicyclic) bond motifs is 1. The fourth-order valence-electron chi connectivity index (χ4n) is 4.11. The SMILES string of the molecule is COc1cc(N2CCNCC2)ccc1NC(=O)c1coc2c1C(=O)CC(C)(C)C2. The van der Waals surface area contributed by atoms with Crippen LogP contribution in [-0.4, -0.2) is 45.0 Å². The number of piperazine rings is 1. The summed E-state index contributed by atoms with van der Waals surface area (Å²) in [6.07, 6.45) is 2.44. The van der Waals surface area contributed by atoms with E-state index in [1.165, 1.54) is 6.26 Å². The fraction of sp³-hybridized carbons (Fsp3) is 0.455. The number of furan rings is 1. The molecule has 1 aliphatic heterocycles. The molecule has 0 radical (unpaired) electrons. The maximum Gasteiger partial charge on any atom is 0.259 e. The van der Waals surface area contributed by atoms with Crippen LogP contribution in [0.5, 0.6) is 5.75 Å². The summed E-state index contributed by atoms with van der Waals surface area (Å²) in [4.78, 5) is 27.8. The van der Waals surface area contributed by atoms with Crippen LogP contribution in [0.4, 0.5) is 11.4 Å². The van der Waals surface area contributed by atoms with Gasteiger partial charge >= 0.3 is 0 Å². The number of amides is 1. The number of ether oxygens (including phenoxy) is 1. The van der Waals surface area contributed by atoms with Gasteiger partial charge in [0.15, 0.2) is 5.78 Å². The van der Waals surface area contributed by atoms with Gasteiger partial charge in [0, 0.05) is 50.8 Å². The number of nitrogens with zero attached hydrogens (tertiary/aromatic N) is 1. The number of anilines is 2. The Labute approximate surface area is 170 Å². The minimum Gasteiger partial charge on any atom is -0.494 e. The van der Waals surface area contributed by atoms with E-state index in [0.717, 1.165) is 31.9 Å². The summed E-state index contributed by atoms with van der Waals surface area (Å²) >= 11 is 0. The molecular formula is C22H27N3O4. The lowest BCUT2D eigenvalue weighted by Gasteiger charge is -2.30. The molecule has 0 atom stereocenters. The first-order chi connectivity index (χ1) is 13.9. The first kappa shape index (κ1) is 19.5. The topological polar surface area (TPSA) is 83.8 Å². The monoisotopic (exact) mass is 397 g/mol. The highest BCUT2D eigenvalue weighted by Gasteiger charge is 2.36. The second-order valence-electron chi connectivity index (χ2n) is 8.46. The smallest absolute Gasteiger partial charge is 0.259 e. The van der Waals surface area contributed by atoms with Crippen LogP contribution in [0.25, 0.3) is 0 Å². The summed E-state index contributed by atoms with van der Waals surface area (Å²) in [7, 11) is 1.58. The van der Waals surface area contributed by atoms with Crippen molar-refractivity contribution in [2.45, 2.75) is 26.7 Å². The van der Waals surface area contributed by atoms with Crippen molar-refractivity contribution in [1.29, 1.82) is 0 Å². The van der Waals surface area contributed by atoms with Gasteiger partial charge in [-0.15, -0.1) is 0 Å². The van der Waals surface area contributed by atoms with E-state index >= 15 is 0 Å². The average molecular weight is 397 g/mol. The Hall–Kier alpha value is -2.80. The largest absolute Gasteiger partial charge is 0.494 e. The van der Waals surface area contributed by atoms with E-state index in [2.05, 4.69) is 15.5 Å². The Balaban J connectivity index is 1.56. The Morgan fingerprint density at radius 3 is 2.72 bits per heavy atom. The van der Waals surface area contributed by atoms with Gasteiger partial charge in [-0.3, -0.25) is 9.59 Å². The summed E-state index contributed by atoms with van der Waals surface area (Å²) in [6, 6.07) is 5.74. The molecule has 0 bridgehead atoms. The van der Waals surface area contributed by atoms with Crippen molar-refractivity contribution in [2.24, 2.45) is 5.41 Å². The van der Waals surface area contributed by atoms with Gasteiger partial charge in [-0.1, -0.05) is 13.8 Å². The van der Waals surface area contributed by atoms with Gasteiger partial charge in [-0.2, -0.15) is 0 Å². The molecule has 1 aromatic heterocycles. The zero-order chi connectivity index (χ0) is 20.6. The minimum absolute atomic E-state index is 0.0452. The molecule has 2 aromatic rings. The molecule has 2 heterocycles. The molecule has 7 heteroatoms. The highest BCUT2D eigenvalue weighted by Crippen LogP contribution is 2.37. The van der Waals surface area contributed by atoms with Crippen LogP contribution in [0.1, 0.15) is 46.7 Å². The summed E-state index contributed by atoms with van der Waals surface area (Å²) in [6.45, 7) is 7.79. The molecule has 2 N–H and O–H groups in total. The molecule has 29 heavy (non-hydrogen) atoms. The van der Waals surface area contributed by atoms with Crippen molar-refractivity contribution in [3.05, 3.63) is 41.3 Å². The number of Topliss-reactive ketones (excluding diaryl/α,β-unsaturated/α-hetero) is 1. The second-order valence-corrected chi connectivity index (χ2v) is 8.46. The van der Waals surface area contributed by atoms with Gasteiger partial charge in [0.05, 0.1) is 23.9 Å². The van der Waals surface area contributed by atoms with Crippen molar-refractivity contribution >= 4 is 23.1 Å². The molecule has 4 rings (SSSR count). The van der Waals surface area contributed by atoms with E-state index in [9.17, 15) is 9.59 Å². The number of ketones is 1. The third kappa shape index (κ3) is 3.87. The van der Waals surface area contributed by atoms with Crippen LogP contribution in [0.3, 0.4) is 0 Å². The molecule has 0 saturated carbocycles. The first-order valence-corrected chi connectivity index (χ1v) is 9.96. The summed E-state index contributed by atoms with van der Waals surface area (Å²) in [5.41, 5.74) is 2.17. The maximum atomic E-state index is 12.9. The molecular weight excluding hydrogens is 370 g/mol. The number of carbonyl (C=O) groups excluding carboxylic acids is 2. The predicted octanol–water partition coefficient (Wildman–Crippen LogP) is 3.11. The number of hydrogen-bond donors (Lipinski definition) is 2. The predicted molar refractivity (Wildman–Crippen MR) is 111 cm³/mol. The number of benzene rings is 1. The standard InChI is InChI=1S/C22H27N3O4/c1-22(2)11-17(26)20-15(13-29-19(20)12-22)21(27)24-16-5-4-14(10-18(16)28-3)25-8-6-23-7-9-25/h4-5,10,13,23H,6-9,11-12H2,1-3H3,(H,24,27). The number of hydrogen-bond acceptors (Lipinski definition) is 6. The maximum absolute atomic E-state index is 12.9. The van der Waals surface area contributed by atoms with Crippen LogP contribution >= 0.6 is 0 Å². The summed E-state index contributed by atoms with van der Waals surface area (Å²) < 4.78 is 11.1. The third-order valence-corrected chi connectivity index (χ3v) is 5.58. The number of nitrogens with one attached hydrogen (secondary N) is 2. The van der Waals surface area contributed by atoms with Crippen molar-refractivity contribution < 1.29 is 18.7 Å². The van der Waals surface area contributed by atoms with Crippen molar-refractivity contribution in [3.63, 3.8) is 0 Å². The van der Waals surface area contributed by atoms with Gasteiger partial charge < -0.3 is 24.7 Å². The lowest BCUT2D eigenvalue weighted by atomic mass is 9.76. The highest BCUT2D eigenvalue weighted by molar-refractivity contribution is 6.14. The Kier molecular flexibility index (Phi) is 5.08. The van der Waals surface area contributed by atoms with E-state index in [4.69, 9.17) is 9.15 Å². The lowest BCUT2D eigenvalue weighted by Crippen LogP contribution is -2.43. The Morgan fingerprint density at radius 1 is 1.24 bits per heavy atom. The number of rotatable bonds is 4. The van der Waals surface area contributed by atoms with E-state index in [1.54, 1.807) is 7.11 Å². The van der Waals surface area contributed by atoms with Gasteiger partial charge in [0.25, 0.3) is 5.91 Å². The Bertz CT molecular complexity index is 942. The van der Waals surface area contributed by atoms with Crippen LogP contribution in [0, 0.1) is 5.41 Å². The fourth-order valence-corrected chi connectivity index (χ4v) is 4.11. The molecule has 154 valence electrons. The van der Waals surface area contributed by atoms with Gasteiger partial charge in [0.1, 0.15) is 17.8 Å². The molecule has 1 fully saturated rings. The van der Waals surface area contributed by atoms with E-state index in [1.807, 2.05) is 32.0 Å². The average Bonchev–Trinajstić information content (AvgIpc) is 3.12. The van der Waals surface area contributed by atoms with Crippen LogP contribution in [0.2, 0.25) is 0 Å². The Morgan fingerprint density at radius 2 is 2.00 bits per heavy atom. The summed E-state index contributed by atoms with van der Waals surface area (Å²) in [5.74, 6) is 0.768. The zero-order valence-corrected chi connectivity index (χ0v) is 17.1.